The molecular formula is C24H22N4O. The number of ether oxygens (including phenoxy) is 1. The van der Waals surface area contributed by atoms with Crippen LogP contribution < -0.4 is 15.4 Å². The lowest BCUT2D eigenvalue weighted by atomic mass is 10.1. The topological polar surface area (TPSA) is 59.1 Å². The summed E-state index contributed by atoms with van der Waals surface area (Å²) in [6, 6.07) is 30.0. The monoisotopic (exact) mass is 382 g/mol. The normalized spacial score (nSPS) is 10.4. The Kier molecular flexibility index (Phi) is 5.67. The molecule has 0 radical (unpaired) electrons. The highest BCUT2D eigenvalue weighted by molar-refractivity contribution is 5.67. The molecule has 0 saturated carbocycles. The highest BCUT2D eigenvalue weighted by atomic mass is 16.5. The molecule has 144 valence electrons. The van der Waals surface area contributed by atoms with Crippen LogP contribution in [0.1, 0.15) is 5.56 Å². The van der Waals surface area contributed by atoms with Gasteiger partial charge in [-0.05, 0) is 17.7 Å². The van der Waals surface area contributed by atoms with Crippen LogP contribution in [0.4, 0.5) is 17.5 Å². The molecule has 0 bridgehead atoms. The van der Waals surface area contributed by atoms with Crippen LogP contribution in [0, 0.1) is 0 Å². The van der Waals surface area contributed by atoms with Crippen molar-refractivity contribution in [2.24, 2.45) is 0 Å². The van der Waals surface area contributed by atoms with Crippen molar-refractivity contribution in [2.75, 3.05) is 17.7 Å². The van der Waals surface area contributed by atoms with E-state index >= 15 is 0 Å². The maximum Gasteiger partial charge on any atom is 0.225 e. The van der Waals surface area contributed by atoms with E-state index < -0.39 is 0 Å². The summed E-state index contributed by atoms with van der Waals surface area (Å²) in [7, 11) is 1.66. The summed E-state index contributed by atoms with van der Waals surface area (Å²) >= 11 is 0. The van der Waals surface area contributed by atoms with E-state index in [1.54, 1.807) is 7.11 Å². The summed E-state index contributed by atoms with van der Waals surface area (Å²) in [6.07, 6.45) is 0. The Labute approximate surface area is 170 Å². The van der Waals surface area contributed by atoms with E-state index in [1.165, 1.54) is 5.56 Å². The van der Waals surface area contributed by atoms with Gasteiger partial charge in [0.1, 0.15) is 11.6 Å². The fourth-order valence-electron chi connectivity index (χ4n) is 2.97. The van der Waals surface area contributed by atoms with Crippen LogP contribution in [0.2, 0.25) is 0 Å². The Balaban J connectivity index is 1.64. The van der Waals surface area contributed by atoms with Crippen LogP contribution in [0.5, 0.6) is 5.75 Å². The molecule has 0 fully saturated rings. The van der Waals surface area contributed by atoms with Gasteiger partial charge in [0.15, 0.2) is 0 Å². The second-order valence-corrected chi connectivity index (χ2v) is 6.52. The third-order valence-electron chi connectivity index (χ3n) is 4.43. The number of nitrogens with zero attached hydrogens (tertiary/aromatic N) is 2. The second kappa shape index (κ2) is 8.89. The Morgan fingerprint density at radius 3 is 2.31 bits per heavy atom. The second-order valence-electron chi connectivity index (χ2n) is 6.52. The van der Waals surface area contributed by atoms with Crippen LogP contribution in [0.25, 0.3) is 11.3 Å². The van der Waals surface area contributed by atoms with Crippen LogP contribution in [0.3, 0.4) is 0 Å². The van der Waals surface area contributed by atoms with Crippen LogP contribution in [0.15, 0.2) is 91.0 Å². The van der Waals surface area contributed by atoms with E-state index in [4.69, 9.17) is 9.72 Å². The van der Waals surface area contributed by atoms with E-state index in [1.807, 2.05) is 78.9 Å². The van der Waals surface area contributed by atoms with Gasteiger partial charge in [0.2, 0.25) is 5.95 Å². The molecule has 0 aliphatic heterocycles. The zero-order valence-corrected chi connectivity index (χ0v) is 16.2. The summed E-state index contributed by atoms with van der Waals surface area (Å²) in [4.78, 5) is 9.36. The summed E-state index contributed by atoms with van der Waals surface area (Å²) in [5, 5.41) is 6.69. The van der Waals surface area contributed by atoms with Gasteiger partial charge in [0.25, 0.3) is 0 Å². The molecule has 0 spiro atoms. The van der Waals surface area contributed by atoms with Crippen molar-refractivity contribution < 1.29 is 4.74 Å². The highest BCUT2D eigenvalue weighted by Gasteiger charge is 2.08. The van der Waals surface area contributed by atoms with Gasteiger partial charge < -0.3 is 15.4 Å². The molecule has 29 heavy (non-hydrogen) atoms. The molecule has 5 nitrogen and oxygen atoms in total. The van der Waals surface area contributed by atoms with Gasteiger partial charge >= 0.3 is 0 Å². The largest absolute Gasteiger partial charge is 0.497 e. The van der Waals surface area contributed by atoms with E-state index in [0.29, 0.717) is 18.3 Å². The van der Waals surface area contributed by atoms with Crippen molar-refractivity contribution in [3.8, 4) is 17.0 Å². The molecule has 2 N–H and O–H groups in total. The van der Waals surface area contributed by atoms with Gasteiger partial charge in [-0.1, -0.05) is 66.7 Å². The Bertz CT molecular complexity index is 1070. The van der Waals surface area contributed by atoms with E-state index in [-0.39, 0.29) is 0 Å². The molecule has 1 heterocycles. The minimum atomic E-state index is 0.570. The van der Waals surface area contributed by atoms with Gasteiger partial charge in [-0.15, -0.1) is 0 Å². The average Bonchev–Trinajstić information content (AvgIpc) is 2.79. The molecule has 0 amide bonds. The smallest absolute Gasteiger partial charge is 0.225 e. The number of anilines is 3. The first kappa shape index (κ1) is 18.5. The lowest BCUT2D eigenvalue weighted by Gasteiger charge is -2.12. The third-order valence-corrected chi connectivity index (χ3v) is 4.43. The molecule has 5 heteroatoms. The van der Waals surface area contributed by atoms with E-state index in [0.717, 1.165) is 22.7 Å². The first-order valence-electron chi connectivity index (χ1n) is 9.43. The van der Waals surface area contributed by atoms with Gasteiger partial charge in [-0.25, -0.2) is 4.98 Å². The Morgan fingerprint density at radius 1 is 0.793 bits per heavy atom. The van der Waals surface area contributed by atoms with Crippen LogP contribution >= 0.6 is 0 Å². The van der Waals surface area contributed by atoms with Crippen LogP contribution in [-0.4, -0.2) is 17.1 Å². The van der Waals surface area contributed by atoms with Crippen molar-refractivity contribution >= 4 is 17.5 Å². The number of hydrogen-bond acceptors (Lipinski definition) is 5. The Morgan fingerprint density at radius 2 is 1.55 bits per heavy atom. The highest BCUT2D eigenvalue weighted by Crippen LogP contribution is 2.25. The van der Waals surface area contributed by atoms with Gasteiger partial charge in [0, 0.05) is 29.9 Å². The summed E-state index contributed by atoms with van der Waals surface area (Å²) in [6.45, 7) is 0.650. The fraction of sp³-hybridized carbons (Fsp3) is 0.0833. The third kappa shape index (κ3) is 4.90. The maximum atomic E-state index is 5.31. The standard InChI is InChI=1S/C24H22N4O/c1-29-21-14-8-13-20(15-21)26-23-16-22(19-11-6-3-7-12-19)27-24(28-23)25-17-18-9-4-2-5-10-18/h2-16H,17H2,1H3,(H2,25,26,27,28). The minimum absolute atomic E-state index is 0.570. The lowest BCUT2D eigenvalue weighted by Crippen LogP contribution is -2.06. The zero-order chi connectivity index (χ0) is 19.9. The molecule has 0 aliphatic carbocycles. The van der Waals surface area contributed by atoms with Gasteiger partial charge in [0.05, 0.1) is 12.8 Å². The molecule has 4 aromatic rings. The molecule has 3 aromatic carbocycles. The Hall–Kier alpha value is -3.86. The number of aromatic nitrogens is 2. The number of hydrogen-bond donors (Lipinski definition) is 2. The predicted octanol–water partition coefficient (Wildman–Crippen LogP) is 5.51. The maximum absolute atomic E-state index is 5.31. The molecule has 0 unspecified atom stereocenters. The van der Waals surface area contributed by atoms with Gasteiger partial charge in [-0.2, -0.15) is 4.98 Å². The minimum Gasteiger partial charge on any atom is -0.497 e. The summed E-state index contributed by atoms with van der Waals surface area (Å²) in [5.74, 6) is 2.07. The first-order chi connectivity index (χ1) is 14.3. The molecule has 0 aliphatic rings. The predicted molar refractivity (Wildman–Crippen MR) is 118 cm³/mol. The molecular weight excluding hydrogens is 360 g/mol. The number of nitrogens with one attached hydrogen (secondary N) is 2. The summed E-state index contributed by atoms with van der Waals surface area (Å²) in [5.41, 5.74) is 3.95. The number of methoxy groups -OCH3 is 1. The summed E-state index contributed by atoms with van der Waals surface area (Å²) < 4.78 is 5.31. The van der Waals surface area contributed by atoms with Crippen molar-refractivity contribution in [3.63, 3.8) is 0 Å². The average molecular weight is 382 g/mol. The zero-order valence-electron chi connectivity index (χ0n) is 16.2. The van der Waals surface area contributed by atoms with Crippen molar-refractivity contribution in [2.45, 2.75) is 6.54 Å². The van der Waals surface area contributed by atoms with Gasteiger partial charge in [-0.3, -0.25) is 0 Å². The van der Waals surface area contributed by atoms with Crippen molar-refractivity contribution in [1.29, 1.82) is 0 Å². The molecule has 0 atom stereocenters. The quantitative estimate of drug-likeness (QED) is 0.441. The van der Waals surface area contributed by atoms with Crippen LogP contribution in [-0.2, 0) is 6.54 Å². The number of rotatable bonds is 7. The fourth-order valence-corrected chi connectivity index (χ4v) is 2.97. The SMILES string of the molecule is COc1cccc(Nc2cc(-c3ccccc3)nc(NCc3ccccc3)n2)c1. The first-order valence-corrected chi connectivity index (χ1v) is 9.43. The van der Waals surface area contributed by atoms with Crippen molar-refractivity contribution in [3.05, 3.63) is 96.6 Å². The molecule has 1 aromatic heterocycles. The molecule has 4 rings (SSSR count). The lowest BCUT2D eigenvalue weighted by molar-refractivity contribution is 0.415. The van der Waals surface area contributed by atoms with Crippen molar-refractivity contribution in [1.82, 2.24) is 9.97 Å². The van der Waals surface area contributed by atoms with E-state index in [2.05, 4.69) is 27.8 Å². The molecule has 0 saturated heterocycles. The number of benzene rings is 3. The van der Waals surface area contributed by atoms with E-state index in [9.17, 15) is 0 Å².